The van der Waals surface area contributed by atoms with Crippen molar-refractivity contribution in [3.05, 3.63) is 59.2 Å². The van der Waals surface area contributed by atoms with E-state index in [1.54, 1.807) is 23.7 Å². The Balaban J connectivity index is 1.50. The highest BCUT2D eigenvalue weighted by Gasteiger charge is 2.08. The topological polar surface area (TPSA) is 64.1 Å². The summed E-state index contributed by atoms with van der Waals surface area (Å²) < 4.78 is 5.59. The molecule has 0 aliphatic rings. The van der Waals surface area contributed by atoms with Crippen LogP contribution in [0.3, 0.4) is 0 Å². The first-order valence-electron chi connectivity index (χ1n) is 8.51. The lowest BCUT2D eigenvalue weighted by Crippen LogP contribution is -2.12. The van der Waals surface area contributed by atoms with Crippen molar-refractivity contribution in [2.75, 3.05) is 5.32 Å². The van der Waals surface area contributed by atoms with Gasteiger partial charge < -0.3 is 10.1 Å². The van der Waals surface area contributed by atoms with Gasteiger partial charge in [0, 0.05) is 41.9 Å². The molecule has 2 heterocycles. The number of pyridine rings is 1. The van der Waals surface area contributed by atoms with Gasteiger partial charge in [-0.05, 0) is 50.2 Å². The maximum absolute atomic E-state index is 12.1. The molecule has 2 aromatic heterocycles. The number of aryl methyl sites for hydroxylation is 1. The summed E-state index contributed by atoms with van der Waals surface area (Å²) in [6, 6.07) is 11.3. The molecular weight excluding hydrogens is 346 g/mol. The first kappa shape index (κ1) is 18.1. The molecule has 0 saturated carbocycles. The van der Waals surface area contributed by atoms with E-state index in [4.69, 9.17) is 4.74 Å². The van der Waals surface area contributed by atoms with E-state index >= 15 is 0 Å². The van der Waals surface area contributed by atoms with Crippen LogP contribution >= 0.6 is 11.3 Å². The number of nitrogens with zero attached hydrogens (tertiary/aromatic N) is 2. The first-order valence-corrected chi connectivity index (χ1v) is 9.39. The Morgan fingerprint density at radius 2 is 2.04 bits per heavy atom. The molecule has 1 aromatic carbocycles. The van der Waals surface area contributed by atoms with Gasteiger partial charge in [0.25, 0.3) is 0 Å². The third kappa shape index (κ3) is 5.13. The third-order valence-electron chi connectivity index (χ3n) is 3.58. The summed E-state index contributed by atoms with van der Waals surface area (Å²) in [7, 11) is 0. The highest BCUT2D eigenvalue weighted by molar-refractivity contribution is 7.09. The number of benzene rings is 1. The van der Waals surface area contributed by atoms with Crippen molar-refractivity contribution in [1.82, 2.24) is 9.97 Å². The van der Waals surface area contributed by atoms with Gasteiger partial charge in [-0.25, -0.2) is 4.98 Å². The van der Waals surface area contributed by atoms with Gasteiger partial charge >= 0.3 is 0 Å². The Bertz CT molecular complexity index is 845. The molecule has 26 heavy (non-hydrogen) atoms. The minimum Gasteiger partial charge on any atom is -0.491 e. The highest BCUT2D eigenvalue weighted by Crippen LogP contribution is 2.22. The highest BCUT2D eigenvalue weighted by atomic mass is 32.1. The number of amides is 1. The van der Waals surface area contributed by atoms with Crippen molar-refractivity contribution >= 4 is 22.9 Å². The zero-order chi connectivity index (χ0) is 18.4. The largest absolute Gasteiger partial charge is 0.491 e. The summed E-state index contributed by atoms with van der Waals surface area (Å²) in [5.74, 6) is 0.768. The molecule has 0 spiro atoms. The average Bonchev–Trinajstić information content (AvgIpc) is 3.11. The lowest BCUT2D eigenvalue weighted by atomic mass is 10.2. The molecule has 5 nitrogen and oxygen atoms in total. The summed E-state index contributed by atoms with van der Waals surface area (Å²) >= 11 is 1.56. The lowest BCUT2D eigenvalue weighted by Gasteiger charge is -2.10. The van der Waals surface area contributed by atoms with Crippen LogP contribution in [-0.4, -0.2) is 22.0 Å². The average molecular weight is 367 g/mol. The van der Waals surface area contributed by atoms with Crippen molar-refractivity contribution < 1.29 is 9.53 Å². The van der Waals surface area contributed by atoms with Gasteiger partial charge in [-0.15, -0.1) is 11.3 Å². The Kier molecular flexibility index (Phi) is 5.96. The number of ether oxygens (including phenoxy) is 1. The van der Waals surface area contributed by atoms with Crippen LogP contribution in [0.15, 0.2) is 54.2 Å². The Morgan fingerprint density at radius 3 is 2.73 bits per heavy atom. The molecule has 1 N–H and O–H groups in total. The van der Waals surface area contributed by atoms with Gasteiger partial charge in [-0.3, -0.25) is 9.78 Å². The summed E-state index contributed by atoms with van der Waals surface area (Å²) in [5.41, 5.74) is 2.66. The third-order valence-corrected chi connectivity index (χ3v) is 4.49. The van der Waals surface area contributed by atoms with Crippen LogP contribution in [0.5, 0.6) is 5.75 Å². The maximum Gasteiger partial charge on any atom is 0.224 e. The van der Waals surface area contributed by atoms with Crippen LogP contribution in [0.2, 0.25) is 0 Å². The number of hydrogen-bond acceptors (Lipinski definition) is 5. The zero-order valence-corrected chi connectivity index (χ0v) is 15.6. The summed E-state index contributed by atoms with van der Waals surface area (Å²) in [5, 5.41) is 5.85. The molecule has 0 saturated heterocycles. The number of rotatable bonds is 7. The Hall–Kier alpha value is -2.73. The predicted molar refractivity (Wildman–Crippen MR) is 105 cm³/mol. The molecule has 0 radical (unpaired) electrons. The molecule has 3 rings (SSSR count). The molecule has 0 atom stereocenters. The number of anilines is 1. The second kappa shape index (κ2) is 8.58. The number of carbonyl (C=O) groups is 1. The number of nitrogens with one attached hydrogen (secondary N) is 1. The van der Waals surface area contributed by atoms with Crippen molar-refractivity contribution in [1.29, 1.82) is 0 Å². The second-order valence-electron chi connectivity index (χ2n) is 6.11. The van der Waals surface area contributed by atoms with Gasteiger partial charge in [-0.2, -0.15) is 0 Å². The molecule has 0 unspecified atom stereocenters. The van der Waals surface area contributed by atoms with E-state index in [1.165, 1.54) is 0 Å². The van der Waals surface area contributed by atoms with Crippen molar-refractivity contribution in [2.24, 2.45) is 0 Å². The van der Waals surface area contributed by atoms with Gasteiger partial charge in [0.15, 0.2) is 0 Å². The fraction of sp³-hybridized carbons (Fsp3) is 0.250. The van der Waals surface area contributed by atoms with E-state index in [9.17, 15) is 4.79 Å². The van der Waals surface area contributed by atoms with E-state index in [0.717, 1.165) is 27.7 Å². The fourth-order valence-electron chi connectivity index (χ4n) is 2.41. The maximum atomic E-state index is 12.1. The van der Waals surface area contributed by atoms with Crippen LogP contribution in [0.25, 0.3) is 11.3 Å². The molecule has 6 heteroatoms. The zero-order valence-electron chi connectivity index (χ0n) is 14.8. The Morgan fingerprint density at radius 1 is 1.23 bits per heavy atom. The molecule has 134 valence electrons. The van der Waals surface area contributed by atoms with Crippen LogP contribution in [0.4, 0.5) is 5.69 Å². The smallest absolute Gasteiger partial charge is 0.224 e. The van der Waals surface area contributed by atoms with E-state index in [2.05, 4.69) is 15.3 Å². The monoisotopic (exact) mass is 367 g/mol. The second-order valence-corrected chi connectivity index (χ2v) is 7.05. The van der Waals surface area contributed by atoms with Crippen molar-refractivity contribution in [2.45, 2.75) is 32.8 Å². The fourth-order valence-corrected chi connectivity index (χ4v) is 3.21. The molecule has 0 aliphatic carbocycles. The molecule has 0 aliphatic heterocycles. The number of carbonyl (C=O) groups excluding carboxylic acids is 1. The summed E-state index contributed by atoms with van der Waals surface area (Å²) in [4.78, 5) is 20.8. The Labute approximate surface area is 157 Å². The molecule has 0 bridgehead atoms. The molecule has 1 amide bonds. The van der Waals surface area contributed by atoms with Gasteiger partial charge in [0.2, 0.25) is 5.91 Å². The van der Waals surface area contributed by atoms with Gasteiger partial charge in [0.05, 0.1) is 16.8 Å². The van der Waals surface area contributed by atoms with E-state index < -0.39 is 0 Å². The number of thiazole rings is 1. The van der Waals surface area contributed by atoms with Gasteiger partial charge in [-0.1, -0.05) is 0 Å². The quantitative estimate of drug-likeness (QED) is 0.665. The van der Waals surface area contributed by atoms with E-state index in [0.29, 0.717) is 12.8 Å². The predicted octanol–water partition coefficient (Wildman–Crippen LogP) is 4.56. The van der Waals surface area contributed by atoms with Crippen LogP contribution in [-0.2, 0) is 11.2 Å². The SMILES string of the molecule is CC(C)Oc1ccc(NC(=O)CCc2nc(-c3cccnc3)cs2)cc1. The molecule has 0 fully saturated rings. The standard InChI is InChI=1S/C20H21N3O2S/c1-14(2)25-17-7-5-16(6-8-17)22-19(24)9-10-20-23-18(13-26-20)15-4-3-11-21-12-15/h3-8,11-14H,9-10H2,1-2H3,(H,22,24). The molecule has 3 aromatic rings. The molecular formula is C20H21N3O2S. The summed E-state index contributed by atoms with van der Waals surface area (Å²) in [6.07, 6.45) is 4.67. The van der Waals surface area contributed by atoms with Gasteiger partial charge in [0.1, 0.15) is 5.75 Å². The van der Waals surface area contributed by atoms with Crippen molar-refractivity contribution in [3.63, 3.8) is 0 Å². The number of aromatic nitrogens is 2. The van der Waals surface area contributed by atoms with E-state index in [-0.39, 0.29) is 12.0 Å². The van der Waals surface area contributed by atoms with Crippen molar-refractivity contribution in [3.8, 4) is 17.0 Å². The first-order chi connectivity index (χ1) is 12.6. The lowest BCUT2D eigenvalue weighted by molar-refractivity contribution is -0.116. The number of hydrogen-bond donors (Lipinski definition) is 1. The van der Waals surface area contributed by atoms with Crippen LogP contribution < -0.4 is 10.1 Å². The van der Waals surface area contributed by atoms with Crippen LogP contribution in [0.1, 0.15) is 25.3 Å². The normalized spacial score (nSPS) is 10.7. The van der Waals surface area contributed by atoms with Crippen LogP contribution in [0, 0.1) is 0 Å². The minimum atomic E-state index is -0.0272. The summed E-state index contributed by atoms with van der Waals surface area (Å²) in [6.45, 7) is 3.96. The van der Waals surface area contributed by atoms with E-state index in [1.807, 2.05) is 55.6 Å². The minimum absolute atomic E-state index is 0.0272.